The van der Waals surface area contributed by atoms with Crippen LogP contribution in [-0.4, -0.2) is 86.5 Å². The number of hydrogen-bond donors (Lipinski definition) is 2. The minimum Gasteiger partial charge on any atom is -0.444 e. The van der Waals surface area contributed by atoms with Gasteiger partial charge in [-0.1, -0.05) is 0 Å². The Morgan fingerprint density at radius 1 is 1.35 bits per heavy atom. The Bertz CT molecular complexity index is 423. The Morgan fingerprint density at radius 2 is 2.00 bits per heavy atom. The van der Waals surface area contributed by atoms with Crippen LogP contribution in [-0.2, 0) is 9.47 Å². The molecule has 0 atom stereocenters. The summed E-state index contributed by atoms with van der Waals surface area (Å²) in [5.41, 5.74) is 5.38. The van der Waals surface area contributed by atoms with E-state index in [4.69, 9.17) is 15.2 Å². The summed E-state index contributed by atoms with van der Waals surface area (Å²) in [6.07, 6.45) is 0.666. The monoisotopic (exact) mass is 485 g/mol. The SMILES string of the molecule is CCN(CCNC(N)=NCCCN1CCOCC1)C(=O)OC(C)(C)C.I. The van der Waals surface area contributed by atoms with E-state index >= 15 is 0 Å². The lowest BCUT2D eigenvalue weighted by atomic mass is 10.2. The van der Waals surface area contributed by atoms with Crippen LogP contribution in [0.1, 0.15) is 34.1 Å². The van der Waals surface area contributed by atoms with Crippen molar-refractivity contribution in [2.75, 3.05) is 59.0 Å². The van der Waals surface area contributed by atoms with Gasteiger partial charge in [-0.3, -0.25) is 9.89 Å². The number of hydrogen-bond acceptors (Lipinski definition) is 5. The number of halogens is 1. The first-order chi connectivity index (χ1) is 11.8. The van der Waals surface area contributed by atoms with E-state index in [1.807, 2.05) is 27.7 Å². The molecule has 0 unspecified atom stereocenters. The van der Waals surface area contributed by atoms with Crippen LogP contribution >= 0.6 is 24.0 Å². The summed E-state index contributed by atoms with van der Waals surface area (Å²) in [6.45, 7) is 14.5. The molecule has 1 fully saturated rings. The highest BCUT2D eigenvalue weighted by molar-refractivity contribution is 14.0. The second-order valence-corrected chi connectivity index (χ2v) is 7.06. The smallest absolute Gasteiger partial charge is 0.410 e. The average Bonchev–Trinajstić information content (AvgIpc) is 2.55. The first-order valence-electron chi connectivity index (χ1n) is 9.13. The van der Waals surface area contributed by atoms with Crippen molar-refractivity contribution in [2.24, 2.45) is 10.7 Å². The van der Waals surface area contributed by atoms with Crippen LogP contribution in [0.4, 0.5) is 4.79 Å². The fraction of sp³-hybridized carbons (Fsp3) is 0.882. The molecule has 1 amide bonds. The number of rotatable bonds is 8. The summed E-state index contributed by atoms with van der Waals surface area (Å²) in [5, 5.41) is 3.05. The van der Waals surface area contributed by atoms with Gasteiger partial charge >= 0.3 is 6.09 Å². The van der Waals surface area contributed by atoms with Gasteiger partial charge in [-0.2, -0.15) is 0 Å². The number of carbonyl (C=O) groups excluding carboxylic acids is 1. The molecule has 1 aliphatic heterocycles. The van der Waals surface area contributed by atoms with Crippen molar-refractivity contribution in [3.05, 3.63) is 0 Å². The number of amides is 1. The molecular weight excluding hydrogens is 449 g/mol. The van der Waals surface area contributed by atoms with Gasteiger partial charge in [-0.15, -0.1) is 24.0 Å². The molecule has 1 heterocycles. The van der Waals surface area contributed by atoms with Crippen LogP contribution in [0.2, 0.25) is 0 Å². The second kappa shape index (κ2) is 13.4. The lowest BCUT2D eigenvalue weighted by molar-refractivity contribution is 0.0264. The summed E-state index contributed by atoms with van der Waals surface area (Å²) in [4.78, 5) is 20.4. The number of likely N-dealkylation sites (N-methyl/N-ethyl adjacent to an activating group) is 1. The van der Waals surface area contributed by atoms with Gasteiger partial charge < -0.3 is 25.4 Å². The maximum absolute atomic E-state index is 12.0. The first-order valence-corrected chi connectivity index (χ1v) is 9.13. The molecule has 3 N–H and O–H groups in total. The Morgan fingerprint density at radius 3 is 2.58 bits per heavy atom. The van der Waals surface area contributed by atoms with Crippen molar-refractivity contribution in [1.82, 2.24) is 15.1 Å². The quantitative estimate of drug-likeness (QED) is 0.234. The summed E-state index contributed by atoms with van der Waals surface area (Å²) in [7, 11) is 0. The Hall–Kier alpha value is -0.810. The second-order valence-electron chi connectivity index (χ2n) is 7.06. The van der Waals surface area contributed by atoms with E-state index in [0.717, 1.165) is 39.3 Å². The summed E-state index contributed by atoms with van der Waals surface area (Å²) < 4.78 is 10.7. The number of guanidine groups is 1. The predicted octanol–water partition coefficient (Wildman–Crippen LogP) is 1.49. The number of morpholine rings is 1. The van der Waals surface area contributed by atoms with Crippen LogP contribution in [0.3, 0.4) is 0 Å². The van der Waals surface area contributed by atoms with Crippen molar-refractivity contribution in [1.29, 1.82) is 0 Å². The molecule has 8 nitrogen and oxygen atoms in total. The molecule has 26 heavy (non-hydrogen) atoms. The third-order valence-electron chi connectivity index (χ3n) is 3.74. The zero-order valence-corrected chi connectivity index (χ0v) is 19.0. The number of ether oxygens (including phenoxy) is 2. The fourth-order valence-electron chi connectivity index (χ4n) is 2.40. The Labute approximate surface area is 174 Å². The summed E-state index contributed by atoms with van der Waals surface area (Å²) in [5.74, 6) is 0.419. The molecule has 0 saturated carbocycles. The van der Waals surface area contributed by atoms with E-state index in [1.54, 1.807) is 4.90 Å². The van der Waals surface area contributed by atoms with Gasteiger partial charge in [0.2, 0.25) is 0 Å². The standard InChI is InChI=1S/C17H35N5O3.HI/c1-5-22(16(23)25-17(2,3)4)10-8-20-15(18)19-7-6-9-21-11-13-24-14-12-21;/h5-14H2,1-4H3,(H3,18,19,20);1H. The van der Waals surface area contributed by atoms with Crippen LogP contribution in [0.5, 0.6) is 0 Å². The first kappa shape index (κ1) is 25.2. The molecular formula is C17H36IN5O3. The molecule has 154 valence electrons. The maximum Gasteiger partial charge on any atom is 0.410 e. The number of carbonyl (C=O) groups is 1. The predicted molar refractivity (Wildman–Crippen MR) is 115 cm³/mol. The summed E-state index contributed by atoms with van der Waals surface area (Å²) >= 11 is 0. The van der Waals surface area contributed by atoms with E-state index in [-0.39, 0.29) is 30.1 Å². The normalized spacial score (nSPS) is 15.9. The third-order valence-corrected chi connectivity index (χ3v) is 3.74. The highest BCUT2D eigenvalue weighted by Gasteiger charge is 2.20. The van der Waals surface area contributed by atoms with Gasteiger partial charge in [-0.05, 0) is 34.1 Å². The molecule has 9 heteroatoms. The topological polar surface area (TPSA) is 92.4 Å². The van der Waals surface area contributed by atoms with Gasteiger partial charge in [0.05, 0.1) is 13.2 Å². The molecule has 0 spiro atoms. The van der Waals surface area contributed by atoms with Crippen molar-refractivity contribution in [3.8, 4) is 0 Å². The van der Waals surface area contributed by atoms with Crippen LogP contribution < -0.4 is 11.1 Å². The van der Waals surface area contributed by atoms with Gasteiger partial charge in [0.1, 0.15) is 5.60 Å². The number of aliphatic imine (C=N–C) groups is 1. The maximum atomic E-state index is 12.0. The molecule has 0 aromatic rings. The average molecular weight is 485 g/mol. The minimum absolute atomic E-state index is 0. The van der Waals surface area contributed by atoms with E-state index < -0.39 is 5.60 Å². The molecule has 0 aromatic carbocycles. The van der Waals surface area contributed by atoms with Crippen LogP contribution in [0.15, 0.2) is 4.99 Å². The zero-order chi connectivity index (χ0) is 18.7. The molecule has 0 aliphatic carbocycles. The molecule has 0 radical (unpaired) electrons. The lowest BCUT2D eigenvalue weighted by Crippen LogP contribution is -2.43. The van der Waals surface area contributed by atoms with Crippen molar-refractivity contribution in [2.45, 2.75) is 39.7 Å². The Kier molecular flexibility index (Phi) is 13.0. The van der Waals surface area contributed by atoms with Gasteiger partial charge in [0, 0.05) is 45.8 Å². The highest BCUT2D eigenvalue weighted by Crippen LogP contribution is 2.09. The number of nitrogens with one attached hydrogen (secondary N) is 1. The van der Waals surface area contributed by atoms with Crippen molar-refractivity contribution >= 4 is 36.0 Å². The molecule has 1 saturated heterocycles. The van der Waals surface area contributed by atoms with Crippen molar-refractivity contribution in [3.63, 3.8) is 0 Å². The molecule has 0 bridgehead atoms. The molecule has 1 rings (SSSR count). The van der Waals surface area contributed by atoms with E-state index in [9.17, 15) is 4.79 Å². The van der Waals surface area contributed by atoms with Gasteiger partial charge in [0.15, 0.2) is 5.96 Å². The number of nitrogens with zero attached hydrogens (tertiary/aromatic N) is 3. The van der Waals surface area contributed by atoms with E-state index in [1.165, 1.54) is 0 Å². The van der Waals surface area contributed by atoms with Crippen molar-refractivity contribution < 1.29 is 14.3 Å². The van der Waals surface area contributed by atoms with Gasteiger partial charge in [0.25, 0.3) is 0 Å². The van der Waals surface area contributed by atoms with E-state index in [2.05, 4.69) is 15.2 Å². The minimum atomic E-state index is -0.487. The molecule has 1 aliphatic rings. The van der Waals surface area contributed by atoms with Gasteiger partial charge in [-0.25, -0.2) is 4.79 Å². The van der Waals surface area contributed by atoms with Crippen LogP contribution in [0, 0.1) is 0 Å². The van der Waals surface area contributed by atoms with E-state index in [0.29, 0.717) is 32.1 Å². The Balaban J connectivity index is 0.00000625. The largest absolute Gasteiger partial charge is 0.444 e. The zero-order valence-electron chi connectivity index (χ0n) is 16.6. The number of nitrogens with two attached hydrogens (primary N) is 1. The fourth-order valence-corrected chi connectivity index (χ4v) is 2.40. The molecule has 0 aromatic heterocycles. The highest BCUT2D eigenvalue weighted by atomic mass is 127. The summed E-state index contributed by atoms with van der Waals surface area (Å²) in [6, 6.07) is 0. The third kappa shape index (κ3) is 11.7. The lowest BCUT2D eigenvalue weighted by Gasteiger charge is -2.26. The van der Waals surface area contributed by atoms with Crippen LogP contribution in [0.25, 0.3) is 0 Å².